The van der Waals surface area contributed by atoms with Crippen LogP contribution in [0.1, 0.15) is 47.5 Å². The van der Waals surface area contributed by atoms with Gasteiger partial charge in [-0.1, -0.05) is 5.57 Å². The summed E-state index contributed by atoms with van der Waals surface area (Å²) >= 11 is 0. The minimum atomic E-state index is -2.65. The summed E-state index contributed by atoms with van der Waals surface area (Å²) in [6.45, 7) is 12.7. The fourth-order valence-electron chi connectivity index (χ4n) is 3.27. The number of amides is 2. The Bertz CT molecular complexity index is 613. The Hall–Kier alpha value is -1.48. The van der Waals surface area contributed by atoms with Crippen molar-refractivity contribution >= 4 is 20.5 Å². The summed E-state index contributed by atoms with van der Waals surface area (Å²) in [5.74, 6) is 0. The quantitative estimate of drug-likeness (QED) is 0.454. The molecule has 0 radical (unpaired) electrons. The summed E-state index contributed by atoms with van der Waals surface area (Å²) < 4.78 is 17.5. The van der Waals surface area contributed by atoms with Gasteiger partial charge in [-0.25, -0.2) is 4.79 Å². The number of allylic oxidation sites excluding steroid dienone is 4. The van der Waals surface area contributed by atoms with Gasteiger partial charge in [-0.3, -0.25) is 9.89 Å². The third kappa shape index (κ3) is 5.51. The predicted molar refractivity (Wildman–Crippen MR) is 109 cm³/mol. The molecule has 27 heavy (non-hydrogen) atoms. The first-order chi connectivity index (χ1) is 13.0. The van der Waals surface area contributed by atoms with Gasteiger partial charge in [-0.05, 0) is 52.7 Å². The molecule has 0 aromatic carbocycles. The van der Waals surface area contributed by atoms with E-state index in [0.29, 0.717) is 39.1 Å². The number of hydrogen-bond donors (Lipinski definition) is 1. The second-order valence-corrected chi connectivity index (χ2v) is 9.39. The number of urea groups is 1. The van der Waals surface area contributed by atoms with Crippen LogP contribution in [0.3, 0.4) is 0 Å². The van der Waals surface area contributed by atoms with Gasteiger partial charge in [0.2, 0.25) is 0 Å². The van der Waals surface area contributed by atoms with Crippen molar-refractivity contribution in [2.45, 2.75) is 53.5 Å². The average molecular weight is 396 g/mol. The molecular weight excluding hydrogens is 362 g/mol. The minimum absolute atomic E-state index is 0.108. The second-order valence-electron chi connectivity index (χ2n) is 6.66. The van der Waals surface area contributed by atoms with E-state index in [2.05, 4.69) is 30.2 Å². The van der Waals surface area contributed by atoms with Gasteiger partial charge in [-0.2, -0.15) is 0 Å². The monoisotopic (exact) mass is 395 g/mol. The molecule has 0 spiro atoms. The highest BCUT2D eigenvalue weighted by atomic mass is 28.4. The van der Waals surface area contributed by atoms with Crippen molar-refractivity contribution in [2.24, 2.45) is 4.99 Å². The molecule has 0 aromatic rings. The number of aliphatic imine (C=N–C) groups is 1. The first kappa shape index (κ1) is 21.8. The predicted octanol–water partition coefficient (Wildman–Crippen LogP) is 3.47. The number of rotatable bonds is 10. The van der Waals surface area contributed by atoms with Crippen molar-refractivity contribution < 1.29 is 18.1 Å². The van der Waals surface area contributed by atoms with Gasteiger partial charge < -0.3 is 18.6 Å². The molecule has 1 aliphatic carbocycles. The Kier molecular flexibility index (Phi) is 8.21. The van der Waals surface area contributed by atoms with Crippen LogP contribution in [0, 0.1) is 0 Å². The molecule has 0 aromatic heterocycles. The zero-order valence-electron chi connectivity index (χ0n) is 17.3. The second kappa shape index (κ2) is 10.2. The van der Waals surface area contributed by atoms with Gasteiger partial charge in [0, 0.05) is 38.8 Å². The topological polar surface area (TPSA) is 72.4 Å². The molecule has 0 bridgehead atoms. The van der Waals surface area contributed by atoms with Crippen molar-refractivity contribution in [3.05, 3.63) is 22.9 Å². The van der Waals surface area contributed by atoms with Crippen molar-refractivity contribution in [1.29, 1.82) is 0 Å². The Balaban J connectivity index is 1.86. The zero-order valence-corrected chi connectivity index (χ0v) is 18.3. The van der Waals surface area contributed by atoms with Crippen molar-refractivity contribution in [3.63, 3.8) is 0 Å². The lowest BCUT2D eigenvalue weighted by Gasteiger charge is -2.28. The van der Waals surface area contributed by atoms with E-state index in [1.165, 1.54) is 11.1 Å². The van der Waals surface area contributed by atoms with Crippen LogP contribution in [0.15, 0.2) is 27.9 Å². The minimum Gasteiger partial charge on any atom is -0.374 e. The lowest BCUT2D eigenvalue weighted by atomic mass is 9.96. The third-order valence-corrected chi connectivity index (χ3v) is 7.87. The fraction of sp³-hybridized carbons (Fsp3) is 0.684. The molecule has 0 saturated heterocycles. The Morgan fingerprint density at radius 1 is 1.19 bits per heavy atom. The van der Waals surface area contributed by atoms with E-state index in [9.17, 15) is 4.79 Å². The summed E-state index contributed by atoms with van der Waals surface area (Å²) in [5.41, 5.74) is 4.45. The van der Waals surface area contributed by atoms with E-state index < -0.39 is 8.80 Å². The summed E-state index contributed by atoms with van der Waals surface area (Å²) in [7, 11) is -2.65. The van der Waals surface area contributed by atoms with Gasteiger partial charge in [0.1, 0.15) is 6.67 Å². The molecule has 1 heterocycles. The van der Waals surface area contributed by atoms with E-state index in [1.807, 2.05) is 20.8 Å². The summed E-state index contributed by atoms with van der Waals surface area (Å²) in [6, 6.07) is 0.581. The van der Waals surface area contributed by atoms with Crippen LogP contribution in [0.2, 0.25) is 6.04 Å². The number of fused-ring (bicyclic) bond motifs is 1. The lowest BCUT2D eigenvalue weighted by Crippen LogP contribution is -2.46. The first-order valence-electron chi connectivity index (χ1n) is 9.85. The SMILES string of the molecule is CCO[Si](CCCNC(=O)N1CN=C2CC(C)=C(C)C=C21)(OCC)OCC. The zero-order chi connectivity index (χ0) is 19.9. The van der Waals surface area contributed by atoms with Crippen LogP contribution in [0.4, 0.5) is 4.79 Å². The van der Waals surface area contributed by atoms with Gasteiger partial charge in [0.25, 0.3) is 0 Å². The van der Waals surface area contributed by atoms with Crippen molar-refractivity contribution in [2.75, 3.05) is 33.0 Å². The summed E-state index contributed by atoms with van der Waals surface area (Å²) in [6.07, 6.45) is 3.63. The van der Waals surface area contributed by atoms with Crippen LogP contribution >= 0.6 is 0 Å². The molecule has 152 valence electrons. The third-order valence-electron chi connectivity index (χ3n) is 4.72. The normalized spacial score (nSPS) is 17.0. The molecule has 1 N–H and O–H groups in total. The standard InChI is InChI=1S/C19H33N3O4Si/c1-6-24-27(25-7-2,26-8-3)11-9-10-20-19(23)22-14-21-17-12-15(4)16(5)13-18(17)22/h13H,6-12,14H2,1-5H3,(H,20,23). The number of carbonyl (C=O) groups excluding carboxylic acids is 1. The van der Waals surface area contributed by atoms with Gasteiger partial charge in [0.05, 0.1) is 11.4 Å². The number of hydrogen-bond acceptors (Lipinski definition) is 5. The molecule has 1 aliphatic heterocycles. The molecule has 7 nitrogen and oxygen atoms in total. The lowest BCUT2D eigenvalue weighted by molar-refractivity contribution is 0.0708. The number of carbonyl (C=O) groups is 1. The molecule has 0 fully saturated rings. The fourth-order valence-corrected chi connectivity index (χ4v) is 5.88. The molecule has 0 unspecified atom stereocenters. The smallest absolute Gasteiger partial charge is 0.374 e. The number of nitrogens with one attached hydrogen (secondary N) is 1. The first-order valence-corrected chi connectivity index (χ1v) is 11.8. The summed E-state index contributed by atoms with van der Waals surface area (Å²) in [5, 5.41) is 2.99. The van der Waals surface area contributed by atoms with Crippen molar-refractivity contribution in [1.82, 2.24) is 10.2 Å². The molecule has 2 amide bonds. The summed E-state index contributed by atoms with van der Waals surface area (Å²) in [4.78, 5) is 18.8. The van der Waals surface area contributed by atoms with E-state index in [1.54, 1.807) is 4.90 Å². The Labute approximate surface area is 163 Å². The number of nitrogens with zero attached hydrogens (tertiary/aromatic N) is 2. The Morgan fingerprint density at radius 2 is 1.81 bits per heavy atom. The van der Waals surface area contributed by atoms with Crippen LogP contribution in [0.25, 0.3) is 0 Å². The molecule has 2 aliphatic rings. The van der Waals surface area contributed by atoms with Gasteiger partial charge >= 0.3 is 14.8 Å². The van der Waals surface area contributed by atoms with Crippen LogP contribution < -0.4 is 5.32 Å². The van der Waals surface area contributed by atoms with Gasteiger partial charge in [-0.15, -0.1) is 0 Å². The molecule has 8 heteroatoms. The van der Waals surface area contributed by atoms with Crippen LogP contribution in [0.5, 0.6) is 0 Å². The van der Waals surface area contributed by atoms with Gasteiger partial charge in [0.15, 0.2) is 0 Å². The molecule has 0 saturated carbocycles. The van der Waals surface area contributed by atoms with E-state index >= 15 is 0 Å². The highest BCUT2D eigenvalue weighted by Crippen LogP contribution is 2.27. The largest absolute Gasteiger partial charge is 0.500 e. The van der Waals surface area contributed by atoms with Crippen molar-refractivity contribution in [3.8, 4) is 0 Å². The highest BCUT2D eigenvalue weighted by Gasteiger charge is 2.39. The molecular formula is C19H33N3O4Si. The average Bonchev–Trinajstić information content (AvgIpc) is 3.02. The highest BCUT2D eigenvalue weighted by molar-refractivity contribution is 6.60. The van der Waals surface area contributed by atoms with E-state index in [0.717, 1.165) is 24.3 Å². The van der Waals surface area contributed by atoms with Crippen LogP contribution in [-0.2, 0) is 13.3 Å². The maximum absolute atomic E-state index is 12.6. The Morgan fingerprint density at radius 3 is 2.41 bits per heavy atom. The maximum Gasteiger partial charge on any atom is 0.500 e. The maximum atomic E-state index is 12.6. The van der Waals surface area contributed by atoms with E-state index in [-0.39, 0.29) is 6.03 Å². The molecule has 0 atom stereocenters. The van der Waals surface area contributed by atoms with Crippen LogP contribution in [-0.4, -0.2) is 58.5 Å². The molecule has 2 rings (SSSR count). The van der Waals surface area contributed by atoms with E-state index in [4.69, 9.17) is 13.3 Å².